The Kier molecular flexibility index (Phi) is 3.61. The molecule has 2 bridgehead atoms. The number of fused-ring (bicyclic) bond motifs is 3. The minimum Gasteiger partial charge on any atom is -0.469 e. The van der Waals surface area contributed by atoms with Crippen LogP contribution in [-0.4, -0.2) is 19.9 Å². The molecular formula is C19H16O5. The molecule has 0 amide bonds. The number of methoxy groups -OCH3 is 1. The Balaban J connectivity index is 1.65. The molecule has 0 atom stereocenters. The van der Waals surface area contributed by atoms with Crippen LogP contribution in [0.5, 0.6) is 11.5 Å². The molecule has 0 aliphatic carbocycles. The lowest BCUT2D eigenvalue weighted by Gasteiger charge is -2.17. The summed E-state index contributed by atoms with van der Waals surface area (Å²) in [5.41, 5.74) is 2.77. The topological polar surface area (TPSA) is 57.9 Å². The van der Waals surface area contributed by atoms with E-state index in [4.69, 9.17) is 13.9 Å². The number of benzene rings is 2. The summed E-state index contributed by atoms with van der Waals surface area (Å²) in [5, 5.41) is 0.996. The maximum Gasteiger partial charge on any atom is 0.305 e. The molecule has 0 radical (unpaired) electrons. The number of furan rings is 1. The summed E-state index contributed by atoms with van der Waals surface area (Å²) in [6.07, 6.45) is 1.01. The van der Waals surface area contributed by atoms with Gasteiger partial charge in [0, 0.05) is 17.9 Å². The Morgan fingerprint density at radius 1 is 1.12 bits per heavy atom. The van der Waals surface area contributed by atoms with Crippen molar-refractivity contribution < 1.29 is 23.4 Å². The van der Waals surface area contributed by atoms with Gasteiger partial charge in [-0.1, -0.05) is 6.07 Å². The number of hydrogen-bond donors (Lipinski definition) is 0. The largest absolute Gasteiger partial charge is 0.469 e. The molecule has 0 saturated heterocycles. The molecule has 3 aromatic rings. The summed E-state index contributed by atoms with van der Waals surface area (Å²) < 4.78 is 21.5. The number of hydrogen-bond acceptors (Lipinski definition) is 5. The number of carbonyl (C=O) groups is 1. The fraction of sp³-hybridized carbons (Fsp3) is 0.211. The highest BCUT2D eigenvalue weighted by Crippen LogP contribution is 2.38. The lowest BCUT2D eigenvalue weighted by Crippen LogP contribution is -2.10. The standard InChI is InChI=1S/C19H16O5/c1-21-19(20)7-3-12-2-6-16-13(8-12)9-18(24-16)15-5-4-14-10-17(15)23-11-22-14/h2,4-6,8-10H,3,7,11H2,1H3. The van der Waals surface area contributed by atoms with Crippen molar-refractivity contribution in [2.75, 3.05) is 13.9 Å². The van der Waals surface area contributed by atoms with Gasteiger partial charge in [-0.3, -0.25) is 4.79 Å². The van der Waals surface area contributed by atoms with Crippen molar-refractivity contribution in [2.24, 2.45) is 0 Å². The van der Waals surface area contributed by atoms with Crippen molar-refractivity contribution in [2.45, 2.75) is 12.8 Å². The van der Waals surface area contributed by atoms with Crippen LogP contribution < -0.4 is 9.47 Å². The number of carbonyl (C=O) groups excluding carboxylic acids is 1. The number of aryl methyl sites for hydroxylation is 1. The Morgan fingerprint density at radius 2 is 2.04 bits per heavy atom. The normalized spacial score (nSPS) is 12.5. The Bertz CT molecular complexity index is 909. The van der Waals surface area contributed by atoms with E-state index in [9.17, 15) is 4.79 Å². The maximum absolute atomic E-state index is 11.3. The molecule has 24 heavy (non-hydrogen) atoms. The number of rotatable bonds is 4. The lowest BCUT2D eigenvalue weighted by atomic mass is 10.1. The third-order valence-corrected chi connectivity index (χ3v) is 4.08. The van der Waals surface area contributed by atoms with Crippen LogP contribution in [0.3, 0.4) is 0 Å². The van der Waals surface area contributed by atoms with Gasteiger partial charge in [-0.05, 0) is 42.3 Å². The third-order valence-electron chi connectivity index (χ3n) is 4.08. The van der Waals surface area contributed by atoms with Crippen LogP contribution in [0.1, 0.15) is 12.0 Å². The molecular weight excluding hydrogens is 308 g/mol. The molecule has 0 N–H and O–H groups in total. The van der Waals surface area contributed by atoms with Crippen LogP contribution in [0.15, 0.2) is 46.9 Å². The van der Waals surface area contributed by atoms with Crippen LogP contribution >= 0.6 is 0 Å². The second-order valence-corrected chi connectivity index (χ2v) is 5.62. The van der Waals surface area contributed by atoms with Crippen LogP contribution in [0.4, 0.5) is 0 Å². The van der Waals surface area contributed by atoms with Crippen molar-refractivity contribution in [3.8, 4) is 22.8 Å². The minimum absolute atomic E-state index is 0.207. The molecule has 0 spiro atoms. The molecule has 4 rings (SSSR count). The van der Waals surface area contributed by atoms with Gasteiger partial charge in [0.25, 0.3) is 0 Å². The van der Waals surface area contributed by atoms with Crippen LogP contribution in [0.2, 0.25) is 0 Å². The first kappa shape index (κ1) is 14.6. The van der Waals surface area contributed by atoms with Crippen molar-refractivity contribution in [1.82, 2.24) is 0 Å². The van der Waals surface area contributed by atoms with Gasteiger partial charge in [-0.15, -0.1) is 0 Å². The van der Waals surface area contributed by atoms with E-state index in [0.717, 1.165) is 39.4 Å². The van der Waals surface area contributed by atoms with Gasteiger partial charge in [-0.2, -0.15) is 0 Å². The van der Waals surface area contributed by atoms with Gasteiger partial charge < -0.3 is 18.6 Å². The molecule has 1 aliphatic heterocycles. The first-order chi connectivity index (χ1) is 11.7. The molecule has 5 nitrogen and oxygen atoms in total. The van der Waals surface area contributed by atoms with Crippen molar-refractivity contribution in [1.29, 1.82) is 0 Å². The van der Waals surface area contributed by atoms with E-state index in [1.54, 1.807) is 0 Å². The van der Waals surface area contributed by atoms with E-state index in [2.05, 4.69) is 4.74 Å². The smallest absolute Gasteiger partial charge is 0.305 e. The molecule has 2 aromatic carbocycles. The van der Waals surface area contributed by atoms with E-state index in [0.29, 0.717) is 12.8 Å². The first-order valence-electron chi connectivity index (χ1n) is 7.72. The first-order valence-corrected chi connectivity index (χ1v) is 7.72. The van der Waals surface area contributed by atoms with Gasteiger partial charge in [0.15, 0.2) is 0 Å². The summed E-state index contributed by atoms with van der Waals surface area (Å²) >= 11 is 0. The minimum atomic E-state index is -0.207. The van der Waals surface area contributed by atoms with Crippen LogP contribution in [0.25, 0.3) is 22.3 Å². The molecule has 0 fully saturated rings. The zero-order valence-corrected chi connectivity index (χ0v) is 13.2. The highest BCUT2D eigenvalue weighted by atomic mass is 16.7. The number of esters is 1. The highest BCUT2D eigenvalue weighted by molar-refractivity contribution is 5.85. The van der Waals surface area contributed by atoms with E-state index >= 15 is 0 Å². The van der Waals surface area contributed by atoms with Gasteiger partial charge in [0.05, 0.1) is 12.7 Å². The predicted molar refractivity (Wildman–Crippen MR) is 88.1 cm³/mol. The SMILES string of the molecule is COC(=O)CCc1ccc2oc(-c3ccc4cc3OCO4)cc2c1. The zero-order valence-electron chi connectivity index (χ0n) is 13.2. The van der Waals surface area contributed by atoms with Gasteiger partial charge in [0.2, 0.25) is 6.79 Å². The summed E-state index contributed by atoms with van der Waals surface area (Å²) in [6.45, 7) is 0.215. The molecule has 2 heterocycles. The van der Waals surface area contributed by atoms with Gasteiger partial charge >= 0.3 is 5.97 Å². The summed E-state index contributed by atoms with van der Waals surface area (Å²) in [6, 6.07) is 13.6. The summed E-state index contributed by atoms with van der Waals surface area (Å²) in [5.74, 6) is 2.09. The van der Waals surface area contributed by atoms with E-state index < -0.39 is 0 Å². The maximum atomic E-state index is 11.3. The molecule has 1 aromatic heterocycles. The zero-order chi connectivity index (χ0) is 16.5. The number of ether oxygens (including phenoxy) is 3. The van der Waals surface area contributed by atoms with E-state index in [1.165, 1.54) is 7.11 Å². The van der Waals surface area contributed by atoms with Crippen LogP contribution in [0, 0.1) is 0 Å². The van der Waals surface area contributed by atoms with Gasteiger partial charge in [0.1, 0.15) is 22.8 Å². The molecule has 5 heteroatoms. The summed E-state index contributed by atoms with van der Waals surface area (Å²) in [4.78, 5) is 11.3. The lowest BCUT2D eigenvalue weighted by molar-refractivity contribution is -0.140. The molecule has 1 aliphatic rings. The van der Waals surface area contributed by atoms with E-state index in [-0.39, 0.29) is 12.8 Å². The van der Waals surface area contributed by atoms with Crippen molar-refractivity contribution >= 4 is 16.9 Å². The van der Waals surface area contributed by atoms with Gasteiger partial charge in [-0.25, -0.2) is 0 Å². The van der Waals surface area contributed by atoms with Crippen LogP contribution in [-0.2, 0) is 16.0 Å². The second kappa shape index (κ2) is 5.92. The fourth-order valence-electron chi connectivity index (χ4n) is 2.81. The fourth-order valence-corrected chi connectivity index (χ4v) is 2.81. The monoisotopic (exact) mass is 324 g/mol. The summed E-state index contributed by atoms with van der Waals surface area (Å²) in [7, 11) is 1.40. The quantitative estimate of drug-likeness (QED) is 0.681. The predicted octanol–water partition coefficient (Wildman–Crippen LogP) is 3.93. The Hall–Kier alpha value is -2.95. The Morgan fingerprint density at radius 3 is 2.92 bits per heavy atom. The molecule has 122 valence electrons. The van der Waals surface area contributed by atoms with E-state index in [1.807, 2.05) is 42.5 Å². The average molecular weight is 324 g/mol. The third kappa shape index (κ3) is 2.69. The molecule has 0 saturated carbocycles. The molecule has 0 unspecified atom stereocenters. The Labute approximate surface area is 138 Å². The highest BCUT2D eigenvalue weighted by Gasteiger charge is 2.16. The van der Waals surface area contributed by atoms with Crippen molar-refractivity contribution in [3.05, 3.63) is 48.0 Å². The van der Waals surface area contributed by atoms with Crippen molar-refractivity contribution in [3.63, 3.8) is 0 Å². The second-order valence-electron chi connectivity index (χ2n) is 5.62. The average Bonchev–Trinajstić information content (AvgIpc) is 3.02.